The molecule has 0 aliphatic heterocycles. The fourth-order valence-corrected chi connectivity index (χ4v) is 2.63. The van der Waals surface area contributed by atoms with E-state index in [0.29, 0.717) is 23.7 Å². The van der Waals surface area contributed by atoms with Gasteiger partial charge in [0.15, 0.2) is 17.6 Å². The summed E-state index contributed by atoms with van der Waals surface area (Å²) < 4.78 is 34.6. The molecular weight excluding hydrogens is 381 g/mol. The lowest BCUT2D eigenvalue weighted by Crippen LogP contribution is -2.30. The average Bonchev–Trinajstić information content (AvgIpc) is 2.72. The van der Waals surface area contributed by atoms with Gasteiger partial charge in [0.25, 0.3) is 5.91 Å². The monoisotopic (exact) mass is 405 g/mol. The number of methoxy groups -OCH3 is 3. The van der Waals surface area contributed by atoms with E-state index in [1.807, 2.05) is 0 Å². The number of halogens is 1. The van der Waals surface area contributed by atoms with Crippen LogP contribution in [0.5, 0.6) is 17.2 Å². The van der Waals surface area contributed by atoms with Crippen LogP contribution < -0.4 is 19.5 Å². The lowest BCUT2D eigenvalue weighted by atomic mass is 10.1. The number of esters is 1. The average molecular weight is 405 g/mol. The minimum atomic E-state index is -1.07. The maximum Gasteiger partial charge on any atom is 0.306 e. The SMILES string of the molecule is COc1cc(CCC(=O)O[C@@H](C)C(=O)Nc2ccccc2F)cc(OC)c1OC. The zero-order valence-corrected chi connectivity index (χ0v) is 16.8. The summed E-state index contributed by atoms with van der Waals surface area (Å²) in [6.07, 6.45) is -0.685. The maximum atomic E-state index is 13.6. The van der Waals surface area contributed by atoms with Gasteiger partial charge in [-0.2, -0.15) is 0 Å². The third-order valence-corrected chi connectivity index (χ3v) is 4.15. The van der Waals surface area contributed by atoms with E-state index in [-0.39, 0.29) is 12.1 Å². The molecule has 156 valence electrons. The summed E-state index contributed by atoms with van der Waals surface area (Å²) in [5, 5.41) is 2.39. The second-order valence-electron chi connectivity index (χ2n) is 6.13. The largest absolute Gasteiger partial charge is 0.493 e. The molecule has 0 aliphatic carbocycles. The number of hydrogen-bond donors (Lipinski definition) is 1. The molecule has 1 N–H and O–H groups in total. The van der Waals surface area contributed by atoms with Gasteiger partial charge in [-0.1, -0.05) is 12.1 Å². The van der Waals surface area contributed by atoms with Crippen LogP contribution in [0.2, 0.25) is 0 Å². The topological polar surface area (TPSA) is 83.1 Å². The third kappa shape index (κ3) is 5.84. The van der Waals surface area contributed by atoms with Crippen molar-refractivity contribution >= 4 is 17.6 Å². The van der Waals surface area contributed by atoms with Crippen LogP contribution in [0, 0.1) is 5.82 Å². The summed E-state index contributed by atoms with van der Waals surface area (Å²) >= 11 is 0. The molecule has 2 aromatic carbocycles. The number of hydrogen-bond acceptors (Lipinski definition) is 6. The Balaban J connectivity index is 1.94. The maximum absolute atomic E-state index is 13.6. The van der Waals surface area contributed by atoms with Gasteiger partial charge in [-0.3, -0.25) is 9.59 Å². The number of amides is 1. The lowest BCUT2D eigenvalue weighted by Gasteiger charge is -2.15. The highest BCUT2D eigenvalue weighted by atomic mass is 19.1. The van der Waals surface area contributed by atoms with Crippen LogP contribution in [0.15, 0.2) is 36.4 Å². The van der Waals surface area contributed by atoms with Gasteiger partial charge in [0.1, 0.15) is 5.82 Å². The summed E-state index contributed by atoms with van der Waals surface area (Å²) in [5.41, 5.74) is 0.803. The standard InChI is InChI=1S/C21H24FNO6/c1-13(21(25)23-16-8-6-5-7-15(16)22)29-19(24)10-9-14-11-17(26-2)20(28-4)18(12-14)27-3/h5-8,11-13H,9-10H2,1-4H3,(H,23,25)/t13-/m0/s1. The molecule has 2 aromatic rings. The number of rotatable bonds is 9. The molecule has 1 atom stereocenters. The molecule has 0 spiro atoms. The van der Waals surface area contributed by atoms with Crippen molar-refractivity contribution < 1.29 is 32.9 Å². The molecule has 0 saturated carbocycles. The van der Waals surface area contributed by atoms with E-state index >= 15 is 0 Å². The van der Waals surface area contributed by atoms with Crippen LogP contribution in [0.4, 0.5) is 10.1 Å². The Morgan fingerprint density at radius 3 is 2.21 bits per heavy atom. The van der Waals surface area contributed by atoms with Crippen LogP contribution in [0.25, 0.3) is 0 Å². The Morgan fingerprint density at radius 1 is 1.03 bits per heavy atom. The number of carbonyl (C=O) groups is 2. The minimum Gasteiger partial charge on any atom is -0.493 e. The summed E-state index contributed by atoms with van der Waals surface area (Å²) in [7, 11) is 4.52. The van der Waals surface area contributed by atoms with E-state index in [2.05, 4.69) is 5.32 Å². The van der Waals surface area contributed by atoms with Crippen LogP contribution >= 0.6 is 0 Å². The summed E-state index contributed by atoms with van der Waals surface area (Å²) in [4.78, 5) is 24.2. The second-order valence-corrected chi connectivity index (χ2v) is 6.13. The molecule has 0 heterocycles. The molecule has 0 bridgehead atoms. The molecular formula is C21H24FNO6. The number of anilines is 1. The Hall–Kier alpha value is -3.29. The van der Waals surface area contributed by atoms with Gasteiger partial charge in [-0.25, -0.2) is 4.39 Å². The van der Waals surface area contributed by atoms with Crippen molar-refractivity contribution in [3.05, 3.63) is 47.8 Å². The number of nitrogens with one attached hydrogen (secondary N) is 1. The van der Waals surface area contributed by atoms with Crippen molar-refractivity contribution in [1.82, 2.24) is 0 Å². The zero-order chi connectivity index (χ0) is 21.4. The molecule has 29 heavy (non-hydrogen) atoms. The quantitative estimate of drug-likeness (QED) is 0.644. The molecule has 0 aromatic heterocycles. The van der Waals surface area contributed by atoms with Crippen molar-refractivity contribution in [2.45, 2.75) is 25.9 Å². The normalized spacial score (nSPS) is 11.3. The van der Waals surface area contributed by atoms with E-state index in [1.165, 1.54) is 46.5 Å². The molecule has 0 aliphatic rings. The van der Waals surface area contributed by atoms with Gasteiger partial charge in [-0.15, -0.1) is 0 Å². The van der Waals surface area contributed by atoms with Crippen molar-refractivity contribution in [2.75, 3.05) is 26.6 Å². The Labute approximate surface area is 168 Å². The zero-order valence-electron chi connectivity index (χ0n) is 16.8. The number of aryl methyl sites for hydroxylation is 1. The highest BCUT2D eigenvalue weighted by molar-refractivity contribution is 5.95. The lowest BCUT2D eigenvalue weighted by molar-refractivity contribution is -0.153. The number of para-hydroxylation sites is 1. The highest BCUT2D eigenvalue weighted by Gasteiger charge is 2.20. The van der Waals surface area contributed by atoms with E-state index in [9.17, 15) is 14.0 Å². The first-order valence-electron chi connectivity index (χ1n) is 8.93. The number of carbonyl (C=O) groups excluding carboxylic acids is 2. The van der Waals surface area contributed by atoms with Crippen LogP contribution in [-0.4, -0.2) is 39.3 Å². The molecule has 8 heteroatoms. The van der Waals surface area contributed by atoms with Gasteiger partial charge < -0.3 is 24.3 Å². The van der Waals surface area contributed by atoms with Gasteiger partial charge in [0.2, 0.25) is 5.75 Å². The third-order valence-electron chi connectivity index (χ3n) is 4.15. The number of ether oxygens (including phenoxy) is 4. The van der Waals surface area contributed by atoms with E-state index in [1.54, 1.807) is 18.2 Å². The Kier molecular flexibility index (Phi) is 7.82. The fraction of sp³-hybridized carbons (Fsp3) is 0.333. The van der Waals surface area contributed by atoms with Crippen molar-refractivity contribution in [1.29, 1.82) is 0 Å². The van der Waals surface area contributed by atoms with Crippen LogP contribution in [0.3, 0.4) is 0 Å². The van der Waals surface area contributed by atoms with E-state index in [0.717, 1.165) is 5.56 Å². The first-order valence-corrected chi connectivity index (χ1v) is 8.93. The summed E-state index contributed by atoms with van der Waals surface area (Å²) in [6.45, 7) is 1.42. The molecule has 0 unspecified atom stereocenters. The Morgan fingerprint density at radius 2 is 1.66 bits per heavy atom. The van der Waals surface area contributed by atoms with Crippen molar-refractivity contribution in [3.8, 4) is 17.2 Å². The molecule has 0 radical (unpaired) electrons. The van der Waals surface area contributed by atoms with Crippen LogP contribution in [-0.2, 0) is 20.7 Å². The minimum absolute atomic E-state index is 0.0258. The smallest absolute Gasteiger partial charge is 0.306 e. The molecule has 2 rings (SSSR count). The molecule has 1 amide bonds. The fourth-order valence-electron chi connectivity index (χ4n) is 2.63. The van der Waals surface area contributed by atoms with E-state index < -0.39 is 23.8 Å². The second kappa shape index (κ2) is 10.3. The molecule has 7 nitrogen and oxygen atoms in total. The van der Waals surface area contributed by atoms with Crippen molar-refractivity contribution in [3.63, 3.8) is 0 Å². The van der Waals surface area contributed by atoms with Crippen molar-refractivity contribution in [2.24, 2.45) is 0 Å². The first kappa shape index (κ1) is 22.0. The first-order chi connectivity index (χ1) is 13.9. The predicted octanol–water partition coefficient (Wildman–Crippen LogP) is 3.35. The van der Waals surface area contributed by atoms with Gasteiger partial charge in [0, 0.05) is 6.42 Å². The molecule has 0 saturated heterocycles. The summed E-state index contributed by atoms with van der Waals surface area (Å²) in [5.74, 6) is -0.326. The Bertz CT molecular complexity index is 845. The van der Waals surface area contributed by atoms with Gasteiger partial charge >= 0.3 is 5.97 Å². The van der Waals surface area contributed by atoms with Gasteiger partial charge in [0.05, 0.1) is 27.0 Å². The van der Waals surface area contributed by atoms with Crippen LogP contribution in [0.1, 0.15) is 18.9 Å². The summed E-state index contributed by atoms with van der Waals surface area (Å²) in [6, 6.07) is 9.23. The van der Waals surface area contributed by atoms with Gasteiger partial charge in [-0.05, 0) is 43.2 Å². The van der Waals surface area contributed by atoms with E-state index in [4.69, 9.17) is 18.9 Å². The highest BCUT2D eigenvalue weighted by Crippen LogP contribution is 2.38. The predicted molar refractivity (Wildman–Crippen MR) is 105 cm³/mol. The molecule has 0 fully saturated rings. The number of benzene rings is 2.